The molecule has 1 fully saturated rings. The molecule has 0 unspecified atom stereocenters. The quantitative estimate of drug-likeness (QED) is 0.0137. The van der Waals surface area contributed by atoms with E-state index in [1.807, 2.05) is 51.1 Å². The number of urea groups is 1. The summed E-state index contributed by atoms with van der Waals surface area (Å²) in [6.45, 7) is 10.8. The van der Waals surface area contributed by atoms with E-state index in [-0.39, 0.29) is 49.4 Å². The van der Waals surface area contributed by atoms with E-state index in [0.29, 0.717) is 95.9 Å². The molecule has 3 aromatic heterocycles. The molecule has 1 saturated heterocycles. The molecule has 8 aromatic rings. The van der Waals surface area contributed by atoms with Crippen molar-refractivity contribution in [3.8, 4) is 56.1 Å². The Morgan fingerprint density at radius 1 is 0.890 bits per heavy atom. The first kappa shape index (κ1) is 66.5. The molecular formula is C64H70ClFN11O12S2+. The molecule has 0 spiro atoms. The highest BCUT2D eigenvalue weighted by Gasteiger charge is 2.32. The van der Waals surface area contributed by atoms with Gasteiger partial charge in [0.25, 0.3) is 0 Å². The van der Waals surface area contributed by atoms with Crippen LogP contribution in [0.1, 0.15) is 49.1 Å². The number of hydrogen-bond acceptors (Lipinski definition) is 17. The summed E-state index contributed by atoms with van der Waals surface area (Å²) in [5.74, 6) is -1.78. The maximum atomic E-state index is 14.4. The van der Waals surface area contributed by atoms with E-state index in [9.17, 15) is 37.1 Å². The first-order chi connectivity index (χ1) is 43.5. The summed E-state index contributed by atoms with van der Waals surface area (Å²) in [6, 6.07) is 29.4. The van der Waals surface area contributed by atoms with Crippen LogP contribution in [0.4, 0.5) is 14.9 Å². The highest BCUT2D eigenvalue weighted by Crippen LogP contribution is 2.49. The Morgan fingerprint density at radius 2 is 1.64 bits per heavy atom. The van der Waals surface area contributed by atoms with Crippen molar-refractivity contribution in [3.63, 3.8) is 0 Å². The first-order valence-electron chi connectivity index (χ1n) is 29.2. The van der Waals surface area contributed by atoms with E-state index in [2.05, 4.69) is 52.0 Å². The fraction of sp³-hybridized carbons (Fsp3) is 0.312. The molecule has 4 heterocycles. The van der Waals surface area contributed by atoms with Gasteiger partial charge in [-0.05, 0) is 103 Å². The number of para-hydroxylation sites is 1. The van der Waals surface area contributed by atoms with Gasteiger partial charge in [0.2, 0.25) is 23.8 Å². The van der Waals surface area contributed by atoms with E-state index >= 15 is 0 Å². The molecule has 1 aliphatic heterocycles. The van der Waals surface area contributed by atoms with Gasteiger partial charge in [0, 0.05) is 66.1 Å². The molecule has 4 amide bonds. The van der Waals surface area contributed by atoms with Crippen LogP contribution in [-0.2, 0) is 44.4 Å². The Hall–Kier alpha value is -8.89. The molecule has 0 bridgehead atoms. The van der Waals surface area contributed by atoms with E-state index in [1.165, 1.54) is 54.2 Å². The van der Waals surface area contributed by atoms with Crippen LogP contribution in [0.5, 0.6) is 23.1 Å². The van der Waals surface area contributed by atoms with Crippen LogP contribution in [0.2, 0.25) is 5.02 Å². The smallest absolute Gasteiger partial charge is 0.446 e. The van der Waals surface area contributed by atoms with Gasteiger partial charge in [-0.1, -0.05) is 86.1 Å². The normalized spacial score (nSPS) is 14.3. The number of hydrogen-bond donors (Lipinski definition) is 7. The van der Waals surface area contributed by atoms with Crippen molar-refractivity contribution in [3.05, 3.63) is 161 Å². The van der Waals surface area contributed by atoms with Crippen molar-refractivity contribution in [2.45, 2.75) is 71.4 Å². The number of nitrogens with two attached hydrogens (primary N) is 2. The first-order valence-corrected chi connectivity index (χ1v) is 31.8. The third-order valence-corrected chi connectivity index (χ3v) is 17.5. The number of carboxylic acids is 1. The predicted molar refractivity (Wildman–Crippen MR) is 342 cm³/mol. The standard InChI is InChI=1S/C64H69ClFN11O12S2/c1-38(2)56(67)60(79)75-49(12-8-25-70-64(68)82)59(78)74-45-20-14-40(15-21-45)35-77(4)30-27-76(28-31-77)29-32-86-51-23-22-48(39(3)55(51)65)53-54-61(71-37-72-62(54)90-57(53)41-16-18-44(66)19-17-41)88-52(63(80)81)34-42-9-5-6-13-50(42)87-36-46-24-26-69-58(73-46)43-10-7-11-47(33-43)89-91(83,84)85/h5-7,9-11,13-24,26,33,37-38,49,52,56H,8,12,25,27-32,34-36,67H2,1-4H3,(H6-,68,70,74,75,78,79,80,81,82,83,84,85)/p+1/t49-,52+,56-/m0/s1. The third kappa shape index (κ3) is 17.8. The number of nitrogens with one attached hydrogen (secondary N) is 3. The van der Waals surface area contributed by atoms with Gasteiger partial charge in [0.15, 0.2) is 5.82 Å². The maximum absolute atomic E-state index is 14.4. The molecule has 27 heteroatoms. The van der Waals surface area contributed by atoms with E-state index < -0.39 is 58.2 Å². The van der Waals surface area contributed by atoms with Gasteiger partial charge in [-0.25, -0.2) is 33.9 Å². The van der Waals surface area contributed by atoms with E-state index in [4.69, 9.17) is 41.8 Å². The number of thiophene rings is 1. The second-order valence-electron chi connectivity index (χ2n) is 22.5. The number of halogens is 2. The number of likely N-dealkylation sites (N-methyl/N-ethyl adjacent to an activating group) is 1. The summed E-state index contributed by atoms with van der Waals surface area (Å²) in [7, 11) is -2.54. The van der Waals surface area contributed by atoms with E-state index in [0.717, 1.165) is 42.8 Å². The number of amides is 4. The number of nitrogens with zero attached hydrogens (tertiary/aromatic N) is 6. The Bertz CT molecular complexity index is 4030. The number of carbonyl (C=O) groups is 4. The Kier molecular flexibility index (Phi) is 21.8. The highest BCUT2D eigenvalue weighted by atomic mass is 35.5. The second-order valence-corrected chi connectivity index (χ2v) is 24.9. The van der Waals surface area contributed by atoms with Crippen LogP contribution >= 0.6 is 22.9 Å². The molecule has 0 radical (unpaired) electrons. The monoisotopic (exact) mass is 1300 g/mol. The number of carbonyl (C=O) groups excluding carboxylic acids is 3. The Morgan fingerprint density at radius 3 is 2.35 bits per heavy atom. The molecule has 0 aliphatic carbocycles. The van der Waals surface area contributed by atoms with Crippen LogP contribution in [0.25, 0.3) is 43.2 Å². The van der Waals surface area contributed by atoms with Crippen molar-refractivity contribution in [2.24, 2.45) is 17.4 Å². The fourth-order valence-electron chi connectivity index (χ4n) is 10.4. The summed E-state index contributed by atoms with van der Waals surface area (Å²) in [6.07, 6.45) is 1.81. The lowest BCUT2D eigenvalue weighted by atomic mass is 9.96. The zero-order valence-corrected chi connectivity index (χ0v) is 52.7. The molecule has 91 heavy (non-hydrogen) atoms. The molecule has 0 saturated carbocycles. The summed E-state index contributed by atoms with van der Waals surface area (Å²) in [4.78, 5) is 72.1. The largest absolute Gasteiger partial charge is 0.491 e. The van der Waals surface area contributed by atoms with Crippen LogP contribution in [-0.4, -0.2) is 142 Å². The summed E-state index contributed by atoms with van der Waals surface area (Å²) in [5, 5.41) is 19.7. The van der Waals surface area contributed by atoms with Crippen molar-refractivity contribution < 1.29 is 64.5 Å². The molecule has 9 N–H and O–H groups in total. The minimum Gasteiger partial charge on any atom is -0.491 e. The van der Waals surface area contributed by atoms with Crippen LogP contribution in [0.15, 0.2) is 128 Å². The average molecular weight is 1300 g/mol. The molecule has 478 valence electrons. The summed E-state index contributed by atoms with van der Waals surface area (Å²) < 4.78 is 70.6. The lowest BCUT2D eigenvalue weighted by Gasteiger charge is -2.42. The van der Waals surface area contributed by atoms with Gasteiger partial charge in [0.1, 0.15) is 60.0 Å². The molecule has 5 aromatic carbocycles. The number of benzene rings is 5. The number of primary amides is 1. The van der Waals surface area contributed by atoms with Crippen LogP contribution < -0.4 is 45.8 Å². The molecule has 3 atom stereocenters. The van der Waals surface area contributed by atoms with Crippen molar-refractivity contribution in [2.75, 3.05) is 58.2 Å². The Balaban J connectivity index is 0.845. The minimum atomic E-state index is -4.77. The number of aliphatic carboxylic acids is 1. The summed E-state index contributed by atoms with van der Waals surface area (Å²) >= 11 is 8.51. The van der Waals surface area contributed by atoms with Gasteiger partial charge in [0.05, 0.1) is 42.3 Å². The molecule has 9 rings (SSSR count). The van der Waals surface area contributed by atoms with E-state index in [1.54, 1.807) is 54.6 Å². The molecule has 23 nitrogen and oxygen atoms in total. The number of piperazine rings is 1. The lowest BCUT2D eigenvalue weighted by Crippen LogP contribution is -2.57. The summed E-state index contributed by atoms with van der Waals surface area (Å²) in [5.41, 5.74) is 16.9. The van der Waals surface area contributed by atoms with Gasteiger partial charge < -0.3 is 55.4 Å². The number of ether oxygens (including phenoxy) is 3. The Labute approximate surface area is 534 Å². The van der Waals surface area contributed by atoms with Gasteiger partial charge in [-0.2, -0.15) is 8.42 Å². The van der Waals surface area contributed by atoms with Crippen molar-refractivity contribution >= 4 is 73.1 Å². The third-order valence-electron chi connectivity index (χ3n) is 15.5. The van der Waals surface area contributed by atoms with Gasteiger partial charge in [-0.15, -0.1) is 11.3 Å². The predicted octanol–water partition coefficient (Wildman–Crippen LogP) is 8.61. The second kappa shape index (κ2) is 29.8. The number of carboxylic acid groups (broad SMARTS) is 1. The van der Waals surface area contributed by atoms with Crippen LogP contribution in [0, 0.1) is 18.7 Å². The van der Waals surface area contributed by atoms with Crippen molar-refractivity contribution in [1.29, 1.82) is 0 Å². The number of fused-ring (bicyclic) bond motifs is 1. The van der Waals surface area contributed by atoms with Crippen LogP contribution in [0.3, 0.4) is 0 Å². The van der Waals surface area contributed by atoms with Gasteiger partial charge in [-0.3, -0.25) is 19.0 Å². The SMILES string of the molecule is Cc1c(-c2c(-c3ccc(F)cc3)sc3ncnc(O[C@H](Cc4ccccc4OCc4ccnc(-c5cccc(OS(=O)(=O)O)c5)n4)C(=O)O)c23)ccc(OCCN2CC[N+](C)(Cc3ccc(NC(=O)[C@H](CCCNC(N)=O)NC(=O)[C@@H](N)C(C)C)cc3)CC2)c1Cl. The number of quaternary nitrogens is 1. The maximum Gasteiger partial charge on any atom is 0.446 e. The number of anilines is 1. The highest BCUT2D eigenvalue weighted by molar-refractivity contribution is 7.81. The fourth-order valence-corrected chi connectivity index (χ4v) is 12.1. The molecular weight excluding hydrogens is 1230 g/mol. The minimum absolute atomic E-state index is 0.00651. The number of aromatic nitrogens is 4. The zero-order valence-electron chi connectivity index (χ0n) is 50.3. The topological polar surface area (TPSA) is 323 Å². The zero-order chi connectivity index (χ0) is 65.0. The van der Waals surface area contributed by atoms with Crippen molar-refractivity contribution in [1.82, 2.24) is 35.5 Å². The van der Waals surface area contributed by atoms with Gasteiger partial charge >= 0.3 is 22.4 Å². The number of rotatable bonds is 28. The average Bonchev–Trinajstić information content (AvgIpc) is 1.64. The lowest BCUT2D eigenvalue weighted by molar-refractivity contribution is -0.926. The molecule has 1 aliphatic rings.